The molecule has 2 aromatic rings. The van der Waals surface area contributed by atoms with Crippen molar-refractivity contribution in [2.45, 2.75) is 37.7 Å². The minimum atomic E-state index is -4.77. The number of anilines is 1. The molecule has 4 rings (SSSR count). The fourth-order valence-electron chi connectivity index (χ4n) is 4.97. The third-order valence-corrected chi connectivity index (χ3v) is 7.59. The largest absolute Gasteiger partial charge is 0.408 e. The van der Waals surface area contributed by atoms with Crippen molar-refractivity contribution in [3.8, 4) is 0 Å². The van der Waals surface area contributed by atoms with Gasteiger partial charge in [0.1, 0.15) is 25.1 Å². The van der Waals surface area contributed by atoms with Crippen LogP contribution in [0.1, 0.15) is 23.6 Å². The lowest BCUT2D eigenvalue weighted by Gasteiger charge is -2.32. The van der Waals surface area contributed by atoms with E-state index in [9.17, 15) is 36.7 Å². The first kappa shape index (κ1) is 31.9. The Morgan fingerprint density at radius 3 is 2.37 bits per heavy atom. The number of ketones is 1. The van der Waals surface area contributed by atoms with Crippen molar-refractivity contribution < 1.29 is 41.5 Å². The second kappa shape index (κ2) is 12.3. The Kier molecular flexibility index (Phi) is 9.11. The number of benzene rings is 2. The zero-order chi connectivity index (χ0) is 31.7. The summed E-state index contributed by atoms with van der Waals surface area (Å²) >= 11 is 0. The number of halogens is 4. The third-order valence-electron chi connectivity index (χ3n) is 7.59. The van der Waals surface area contributed by atoms with Crippen molar-refractivity contribution in [2.75, 3.05) is 52.8 Å². The summed E-state index contributed by atoms with van der Waals surface area (Å²) < 4.78 is 60.0. The predicted molar refractivity (Wildman–Crippen MR) is 147 cm³/mol. The van der Waals surface area contributed by atoms with Gasteiger partial charge in [-0.2, -0.15) is 13.2 Å². The Morgan fingerprint density at radius 1 is 1.07 bits per heavy atom. The monoisotopic (exact) mass is 607 g/mol. The van der Waals surface area contributed by atoms with Crippen LogP contribution >= 0.6 is 0 Å². The summed E-state index contributed by atoms with van der Waals surface area (Å²) in [6.45, 7) is 0.217. The van der Waals surface area contributed by atoms with E-state index >= 15 is 0 Å². The van der Waals surface area contributed by atoms with E-state index in [1.165, 1.54) is 29.2 Å². The minimum absolute atomic E-state index is 0.176. The van der Waals surface area contributed by atoms with Gasteiger partial charge in [0.15, 0.2) is 5.78 Å². The van der Waals surface area contributed by atoms with E-state index in [1.807, 2.05) is 19.0 Å². The first-order valence-corrected chi connectivity index (χ1v) is 13.5. The van der Waals surface area contributed by atoms with Gasteiger partial charge in [-0.15, -0.1) is 0 Å². The molecule has 1 fully saturated rings. The SMILES string of the molecule is C[C@H](N(Cc1ccc(F)cc1)C(=O)CN1CO[C@]2(C(=O)Cc3cc(NC(=O)N(C)CCN(C)C)ccc32)C1=O)C(F)(F)F. The van der Waals surface area contributed by atoms with Gasteiger partial charge in [0.05, 0.1) is 0 Å². The third kappa shape index (κ3) is 6.64. The number of amides is 4. The van der Waals surface area contributed by atoms with Crippen LogP contribution in [-0.2, 0) is 37.7 Å². The van der Waals surface area contributed by atoms with Gasteiger partial charge in [-0.1, -0.05) is 18.2 Å². The van der Waals surface area contributed by atoms with Gasteiger partial charge in [0, 0.05) is 44.4 Å². The molecule has 0 unspecified atom stereocenters. The average molecular weight is 608 g/mol. The second-order valence-electron chi connectivity index (χ2n) is 11.0. The molecule has 1 spiro atoms. The highest BCUT2D eigenvalue weighted by Gasteiger charge is 2.59. The molecule has 1 aliphatic heterocycles. The molecule has 1 N–H and O–H groups in total. The molecule has 232 valence electrons. The molecule has 0 aromatic heterocycles. The van der Waals surface area contributed by atoms with E-state index in [4.69, 9.17) is 4.74 Å². The van der Waals surface area contributed by atoms with Crippen molar-refractivity contribution in [3.05, 3.63) is 65.0 Å². The van der Waals surface area contributed by atoms with Gasteiger partial charge < -0.3 is 29.7 Å². The lowest BCUT2D eigenvalue weighted by atomic mass is 9.94. The first-order valence-electron chi connectivity index (χ1n) is 13.5. The number of likely N-dealkylation sites (N-methyl/N-ethyl adjacent to an activating group) is 2. The zero-order valence-corrected chi connectivity index (χ0v) is 24.2. The predicted octanol–water partition coefficient (Wildman–Crippen LogP) is 2.97. The van der Waals surface area contributed by atoms with Crippen LogP contribution < -0.4 is 5.32 Å². The molecule has 4 amide bonds. The Hall–Kier alpha value is -4.04. The van der Waals surface area contributed by atoms with E-state index in [-0.39, 0.29) is 23.6 Å². The number of carbonyl (C=O) groups is 4. The molecule has 2 aromatic carbocycles. The van der Waals surface area contributed by atoms with Gasteiger partial charge >= 0.3 is 12.2 Å². The Morgan fingerprint density at radius 2 is 1.74 bits per heavy atom. The van der Waals surface area contributed by atoms with Crippen molar-refractivity contribution in [1.82, 2.24) is 19.6 Å². The molecule has 2 atom stereocenters. The molecule has 10 nitrogen and oxygen atoms in total. The second-order valence-corrected chi connectivity index (χ2v) is 11.0. The van der Waals surface area contributed by atoms with Crippen LogP contribution in [0.4, 0.5) is 28.0 Å². The number of ether oxygens (including phenoxy) is 1. The van der Waals surface area contributed by atoms with Crippen molar-refractivity contribution in [1.29, 1.82) is 0 Å². The Bertz CT molecular complexity index is 1400. The molecule has 0 bridgehead atoms. The summed E-state index contributed by atoms with van der Waals surface area (Å²) in [6, 6.07) is 6.69. The summed E-state index contributed by atoms with van der Waals surface area (Å²) in [5.74, 6) is -3.05. The Balaban J connectivity index is 1.50. The lowest BCUT2D eigenvalue weighted by molar-refractivity contribution is -0.187. The first-order chi connectivity index (χ1) is 20.1. The standard InChI is InChI=1S/C29H33F4N5O5/c1-18(29(31,32)33)38(15-19-5-7-21(30)8-6-19)25(40)16-37-17-43-28(26(37)41)23-10-9-22(13-20(23)14-24(28)39)34-27(42)36(4)12-11-35(2)3/h5-10,13,18H,11-12,14-17H2,1-4H3,(H,34,42)/t18-,28+/m0/s1. The van der Waals surface area contributed by atoms with Gasteiger partial charge in [0.25, 0.3) is 5.91 Å². The van der Waals surface area contributed by atoms with Crippen molar-refractivity contribution in [2.24, 2.45) is 0 Å². The van der Waals surface area contributed by atoms with Crippen molar-refractivity contribution in [3.63, 3.8) is 0 Å². The van der Waals surface area contributed by atoms with Gasteiger partial charge in [-0.25, -0.2) is 9.18 Å². The summed E-state index contributed by atoms with van der Waals surface area (Å²) in [6.07, 6.45) is -4.94. The highest BCUT2D eigenvalue weighted by molar-refractivity contribution is 6.15. The van der Waals surface area contributed by atoms with E-state index in [1.54, 1.807) is 13.1 Å². The molecule has 0 radical (unpaired) electrons. The highest BCUT2D eigenvalue weighted by atomic mass is 19.4. The maximum absolute atomic E-state index is 13.7. The molecular weight excluding hydrogens is 574 g/mol. The molecular formula is C29H33F4N5O5. The number of hydrogen-bond donors (Lipinski definition) is 1. The number of rotatable bonds is 9. The average Bonchev–Trinajstić information content (AvgIpc) is 3.41. The van der Waals surface area contributed by atoms with Gasteiger partial charge in [0.2, 0.25) is 11.5 Å². The van der Waals surface area contributed by atoms with E-state index in [2.05, 4.69) is 5.32 Å². The highest BCUT2D eigenvalue weighted by Crippen LogP contribution is 2.43. The number of nitrogens with zero attached hydrogens (tertiary/aromatic N) is 4. The van der Waals surface area contributed by atoms with Gasteiger partial charge in [-0.05, 0) is 56.4 Å². The molecule has 1 saturated heterocycles. The number of fused-ring (bicyclic) bond motifs is 2. The smallest absolute Gasteiger partial charge is 0.332 e. The molecule has 1 aliphatic carbocycles. The Labute approximate surface area is 246 Å². The lowest BCUT2D eigenvalue weighted by Crippen LogP contribution is -2.51. The summed E-state index contributed by atoms with van der Waals surface area (Å²) in [7, 11) is 5.41. The number of urea groups is 1. The van der Waals surface area contributed by atoms with Crippen LogP contribution in [0.25, 0.3) is 0 Å². The minimum Gasteiger partial charge on any atom is -0.332 e. The normalized spacial score (nSPS) is 18.8. The van der Waals surface area contributed by atoms with Crippen LogP contribution in [0.5, 0.6) is 0 Å². The number of carbonyl (C=O) groups excluding carboxylic acids is 4. The summed E-state index contributed by atoms with van der Waals surface area (Å²) in [5.41, 5.74) is -0.663. The maximum atomic E-state index is 13.7. The summed E-state index contributed by atoms with van der Waals surface area (Å²) in [5, 5.41) is 2.75. The van der Waals surface area contributed by atoms with E-state index in [0.29, 0.717) is 29.2 Å². The maximum Gasteiger partial charge on any atom is 0.408 e. The molecule has 43 heavy (non-hydrogen) atoms. The number of hydrogen-bond acceptors (Lipinski definition) is 6. The number of Topliss-reactive ketones (excluding diaryl/α,β-unsaturated/α-hetero) is 1. The van der Waals surface area contributed by atoms with Crippen LogP contribution in [0.3, 0.4) is 0 Å². The number of nitrogens with one attached hydrogen (secondary N) is 1. The van der Waals surface area contributed by atoms with E-state index in [0.717, 1.165) is 24.0 Å². The summed E-state index contributed by atoms with van der Waals surface area (Å²) in [4.78, 5) is 57.4. The van der Waals surface area contributed by atoms with Crippen LogP contribution in [0, 0.1) is 5.82 Å². The van der Waals surface area contributed by atoms with Crippen LogP contribution in [0.2, 0.25) is 0 Å². The molecule has 14 heteroatoms. The molecule has 2 aliphatic rings. The van der Waals surface area contributed by atoms with E-state index < -0.39 is 61.1 Å². The zero-order valence-electron chi connectivity index (χ0n) is 24.2. The van der Waals surface area contributed by atoms with Gasteiger partial charge in [-0.3, -0.25) is 14.4 Å². The fourth-order valence-corrected chi connectivity index (χ4v) is 4.97. The fraction of sp³-hybridized carbons (Fsp3) is 0.448. The van der Waals surface area contributed by atoms with Crippen LogP contribution in [0.15, 0.2) is 42.5 Å². The molecule has 0 saturated carbocycles. The topological polar surface area (TPSA) is 102 Å². The molecule has 1 heterocycles. The quantitative estimate of drug-likeness (QED) is 0.348. The van der Waals surface area contributed by atoms with Crippen molar-refractivity contribution >= 4 is 29.3 Å². The van der Waals surface area contributed by atoms with Crippen LogP contribution in [-0.4, -0.2) is 103 Å². The number of alkyl halides is 3.